The lowest BCUT2D eigenvalue weighted by Crippen LogP contribution is -2.34. The molecule has 1 atom stereocenters. The van der Waals surface area contributed by atoms with Crippen molar-refractivity contribution >= 4 is 39.8 Å². The maximum absolute atomic E-state index is 10.6. The van der Waals surface area contributed by atoms with E-state index in [9.17, 15) is 8.76 Å². The molecule has 1 heterocycles. The van der Waals surface area contributed by atoms with Crippen molar-refractivity contribution in [3.8, 4) is 5.75 Å². The summed E-state index contributed by atoms with van der Waals surface area (Å²) in [7, 11) is 1.82. The molecule has 86 valence electrons. The molecule has 5 nitrogen and oxygen atoms in total. The Morgan fingerprint density at radius 2 is 2.38 bits per heavy atom. The molecule has 0 saturated carbocycles. The first-order valence-electron chi connectivity index (χ1n) is 4.48. The number of fused-ring (bicyclic) bond motifs is 1. The van der Waals surface area contributed by atoms with Gasteiger partial charge in [-0.3, -0.25) is 4.21 Å². The highest BCUT2D eigenvalue weighted by Crippen LogP contribution is 2.38. The molecule has 0 aromatic heterocycles. The first kappa shape index (κ1) is 11.3. The minimum Gasteiger partial charge on any atom is -0.755 e. The molecule has 7 heteroatoms. The van der Waals surface area contributed by atoms with Crippen LogP contribution < -0.4 is 14.4 Å². The third kappa shape index (κ3) is 2.01. The fourth-order valence-electron chi connectivity index (χ4n) is 1.48. The number of nitrogens with zero attached hydrogens (tertiary/aromatic N) is 1. The van der Waals surface area contributed by atoms with E-state index in [1.807, 2.05) is 13.1 Å². The lowest BCUT2D eigenvalue weighted by molar-refractivity contribution is 0.372. The summed E-state index contributed by atoms with van der Waals surface area (Å²) in [6.45, 7) is 0.281. The predicted molar refractivity (Wildman–Crippen MR) is 65.5 cm³/mol. The number of rotatable bonds is 2. The van der Waals surface area contributed by atoms with Crippen molar-refractivity contribution < 1.29 is 13.5 Å². The van der Waals surface area contributed by atoms with Gasteiger partial charge in [-0.05, 0) is 12.1 Å². The Balaban J connectivity index is 2.44. The Morgan fingerprint density at radius 1 is 1.62 bits per heavy atom. The van der Waals surface area contributed by atoms with Crippen LogP contribution in [0.3, 0.4) is 0 Å². The Hall–Kier alpha value is -1.18. The molecule has 0 bridgehead atoms. The molecule has 0 amide bonds. The molecule has 1 aliphatic rings. The fraction of sp³-hybridized carbons (Fsp3) is 0.222. The van der Waals surface area contributed by atoms with Gasteiger partial charge in [0.25, 0.3) is 0 Å². The van der Waals surface area contributed by atoms with E-state index in [0.717, 1.165) is 5.69 Å². The average molecular weight is 257 g/mol. The van der Waals surface area contributed by atoms with Crippen LogP contribution in [0.2, 0.25) is 0 Å². The molecule has 1 N–H and O–H groups in total. The van der Waals surface area contributed by atoms with Crippen molar-refractivity contribution in [3.63, 3.8) is 0 Å². The van der Waals surface area contributed by atoms with Crippen molar-refractivity contribution in [3.05, 3.63) is 18.2 Å². The molecule has 0 saturated heterocycles. The molecular formula is C9H9N2O3S2-. The fourth-order valence-corrected chi connectivity index (χ4v) is 1.97. The molecule has 1 unspecified atom stereocenters. The number of hydrogen-bond donors (Lipinski definition) is 1. The number of thiocarbonyl (C=S) groups is 1. The SMILES string of the molecule is CN1C(=S)COc2c(NS(=O)[O-])cccc21. The van der Waals surface area contributed by atoms with Gasteiger partial charge in [-0.15, -0.1) is 0 Å². The minimum atomic E-state index is -2.37. The van der Waals surface area contributed by atoms with Crippen molar-refractivity contribution in [2.24, 2.45) is 0 Å². The van der Waals surface area contributed by atoms with Crippen molar-refractivity contribution in [2.45, 2.75) is 0 Å². The predicted octanol–water partition coefficient (Wildman–Crippen LogP) is 1.05. The highest BCUT2D eigenvalue weighted by Gasteiger charge is 2.21. The second-order valence-corrected chi connectivity index (χ2v) is 4.38. The van der Waals surface area contributed by atoms with Crippen LogP contribution in [0.1, 0.15) is 0 Å². The van der Waals surface area contributed by atoms with Crippen LogP contribution >= 0.6 is 12.2 Å². The first-order chi connectivity index (χ1) is 7.59. The quantitative estimate of drug-likeness (QED) is 0.633. The van der Waals surface area contributed by atoms with Gasteiger partial charge in [-0.25, -0.2) is 0 Å². The van der Waals surface area contributed by atoms with E-state index in [2.05, 4.69) is 4.72 Å². The van der Waals surface area contributed by atoms with E-state index < -0.39 is 11.3 Å². The summed E-state index contributed by atoms with van der Waals surface area (Å²) < 4.78 is 28.9. The molecule has 2 rings (SSSR count). The Labute approximate surface area is 101 Å². The van der Waals surface area contributed by atoms with E-state index in [1.165, 1.54) is 0 Å². The molecule has 0 spiro atoms. The van der Waals surface area contributed by atoms with E-state index in [0.29, 0.717) is 16.4 Å². The van der Waals surface area contributed by atoms with Gasteiger partial charge in [-0.1, -0.05) is 18.3 Å². The summed E-state index contributed by atoms with van der Waals surface area (Å²) >= 11 is 2.73. The number of nitrogens with one attached hydrogen (secondary N) is 1. The number of ether oxygens (including phenoxy) is 1. The van der Waals surface area contributed by atoms with Crippen LogP contribution in [0, 0.1) is 0 Å². The smallest absolute Gasteiger partial charge is 0.167 e. The van der Waals surface area contributed by atoms with Gasteiger partial charge in [0.1, 0.15) is 11.6 Å². The number of likely N-dealkylation sites (N-methyl/N-ethyl adjacent to an activating group) is 1. The summed E-state index contributed by atoms with van der Waals surface area (Å²) in [5, 5.41) is 0. The summed E-state index contributed by atoms with van der Waals surface area (Å²) in [4.78, 5) is 2.46. The summed E-state index contributed by atoms with van der Waals surface area (Å²) in [5.74, 6) is 0.503. The molecular weight excluding hydrogens is 248 g/mol. The number of anilines is 2. The molecule has 0 radical (unpaired) electrons. The summed E-state index contributed by atoms with van der Waals surface area (Å²) in [6.07, 6.45) is 0. The molecule has 16 heavy (non-hydrogen) atoms. The van der Waals surface area contributed by atoms with Crippen molar-refractivity contribution in [2.75, 3.05) is 23.3 Å². The van der Waals surface area contributed by atoms with Crippen LogP contribution in [-0.2, 0) is 11.3 Å². The standard InChI is InChI=1S/C9H10N2O3S2/c1-11-7-4-2-3-6(10-16(12)13)9(7)14-5-8(11)15/h2-4,10H,5H2,1H3,(H,12,13)/p-1. The third-order valence-electron chi connectivity index (χ3n) is 2.26. The highest BCUT2D eigenvalue weighted by atomic mass is 32.2. The molecule has 0 fully saturated rings. The zero-order valence-electron chi connectivity index (χ0n) is 8.43. The van der Waals surface area contributed by atoms with E-state index in [4.69, 9.17) is 17.0 Å². The van der Waals surface area contributed by atoms with Crippen LogP contribution in [0.25, 0.3) is 0 Å². The maximum Gasteiger partial charge on any atom is 0.167 e. The Bertz CT molecular complexity index is 464. The van der Waals surface area contributed by atoms with E-state index in [1.54, 1.807) is 17.0 Å². The topological polar surface area (TPSA) is 64.6 Å². The van der Waals surface area contributed by atoms with Gasteiger partial charge in [0, 0.05) is 18.3 Å². The lowest BCUT2D eigenvalue weighted by atomic mass is 10.2. The Morgan fingerprint density at radius 3 is 3.06 bits per heavy atom. The zero-order valence-corrected chi connectivity index (χ0v) is 10.1. The van der Waals surface area contributed by atoms with Gasteiger partial charge in [-0.2, -0.15) is 0 Å². The lowest BCUT2D eigenvalue weighted by Gasteiger charge is -2.29. The Kier molecular flexibility index (Phi) is 3.08. The van der Waals surface area contributed by atoms with Crippen LogP contribution in [0.15, 0.2) is 18.2 Å². The van der Waals surface area contributed by atoms with Crippen molar-refractivity contribution in [1.82, 2.24) is 0 Å². The van der Waals surface area contributed by atoms with E-state index in [-0.39, 0.29) is 6.61 Å². The van der Waals surface area contributed by atoms with Gasteiger partial charge in [0.05, 0.1) is 11.4 Å². The van der Waals surface area contributed by atoms with Crippen molar-refractivity contribution in [1.29, 1.82) is 0 Å². The molecule has 1 aromatic carbocycles. The summed E-state index contributed by atoms with van der Waals surface area (Å²) in [6, 6.07) is 5.19. The molecule has 1 aliphatic heterocycles. The summed E-state index contributed by atoms with van der Waals surface area (Å²) in [5.41, 5.74) is 1.17. The van der Waals surface area contributed by atoms with Crippen LogP contribution in [0.5, 0.6) is 5.75 Å². The van der Waals surface area contributed by atoms with Crippen LogP contribution in [0.4, 0.5) is 11.4 Å². The second-order valence-electron chi connectivity index (χ2n) is 3.23. The zero-order chi connectivity index (χ0) is 11.7. The minimum absolute atomic E-state index is 0.281. The monoisotopic (exact) mass is 257 g/mol. The average Bonchev–Trinajstić information content (AvgIpc) is 2.23. The highest BCUT2D eigenvalue weighted by molar-refractivity contribution is 7.80. The number of para-hydroxylation sites is 1. The first-order valence-corrected chi connectivity index (χ1v) is 5.96. The van der Waals surface area contributed by atoms with Gasteiger partial charge >= 0.3 is 0 Å². The van der Waals surface area contributed by atoms with Gasteiger partial charge in [0.15, 0.2) is 5.75 Å². The third-order valence-corrected chi connectivity index (χ3v) is 3.04. The molecule has 0 aliphatic carbocycles. The molecule has 1 aromatic rings. The van der Waals surface area contributed by atoms with Gasteiger partial charge in [0.2, 0.25) is 0 Å². The number of hydrogen-bond acceptors (Lipinski definition) is 4. The van der Waals surface area contributed by atoms with Gasteiger partial charge < -0.3 is 18.9 Å². The van der Waals surface area contributed by atoms with Crippen LogP contribution in [-0.4, -0.2) is 27.4 Å². The maximum atomic E-state index is 10.6. The number of benzene rings is 1. The largest absolute Gasteiger partial charge is 0.755 e. The van der Waals surface area contributed by atoms with E-state index >= 15 is 0 Å². The normalized spacial score (nSPS) is 16.4. The second kappa shape index (κ2) is 4.36.